The average Bonchev–Trinajstić information content (AvgIpc) is 3.10. The van der Waals surface area contributed by atoms with Crippen LogP contribution in [0.5, 0.6) is 0 Å². The summed E-state index contributed by atoms with van der Waals surface area (Å²) >= 11 is 0. The lowest BCUT2D eigenvalue weighted by molar-refractivity contribution is -0.117. The van der Waals surface area contributed by atoms with Crippen LogP contribution < -0.4 is 5.32 Å². The quantitative estimate of drug-likeness (QED) is 0.436. The summed E-state index contributed by atoms with van der Waals surface area (Å²) in [4.78, 5) is 12.3. The number of fused-ring (bicyclic) bond motifs is 5. The van der Waals surface area contributed by atoms with Crippen molar-refractivity contribution in [3.63, 3.8) is 0 Å². The van der Waals surface area contributed by atoms with Gasteiger partial charge >= 0.3 is 6.09 Å². The third-order valence-corrected chi connectivity index (χ3v) is 7.85. The molecule has 7 atom stereocenters. The maximum atomic E-state index is 12.3. The molecule has 0 aromatic carbocycles. The van der Waals surface area contributed by atoms with Gasteiger partial charge in [-0.25, -0.2) is 4.79 Å². The molecule has 1 aliphatic carbocycles. The Hall–Kier alpha value is -1.33. The Morgan fingerprint density at radius 1 is 1.29 bits per heavy atom. The maximum Gasteiger partial charge on any atom is 0.407 e. The first-order chi connectivity index (χ1) is 14.7. The van der Waals surface area contributed by atoms with Crippen LogP contribution in [0.2, 0.25) is 0 Å². The molecule has 1 amide bonds. The van der Waals surface area contributed by atoms with Crippen molar-refractivity contribution in [3.8, 4) is 0 Å². The molecule has 2 bridgehead atoms. The van der Waals surface area contributed by atoms with Gasteiger partial charge in [0.15, 0.2) is 0 Å². The average molecular weight is 434 g/mol. The number of ether oxygens (including phenoxy) is 2. The Bertz CT molecular complexity index is 670. The van der Waals surface area contributed by atoms with Crippen molar-refractivity contribution in [2.24, 2.45) is 23.7 Å². The van der Waals surface area contributed by atoms with E-state index in [0.717, 1.165) is 37.7 Å². The molecule has 176 valence electrons. The SMILES string of the molecule is C=C1CC[C@H](C(C)C)[C@@H]2[C@H]1[C@H]1CC(=C)[C@@H](OC(=O)NCCCCC)CC[C@@](C)(O)[C@@H]2O1. The van der Waals surface area contributed by atoms with Crippen LogP contribution >= 0.6 is 0 Å². The second-order valence-electron chi connectivity index (χ2n) is 10.6. The van der Waals surface area contributed by atoms with Crippen LogP contribution in [0.1, 0.15) is 79.1 Å². The number of hydrogen-bond donors (Lipinski definition) is 2. The normalized spacial score (nSPS) is 38.3. The minimum absolute atomic E-state index is 0.0557. The fourth-order valence-electron chi connectivity index (χ4n) is 6.09. The van der Waals surface area contributed by atoms with Gasteiger partial charge in [-0.1, -0.05) is 52.3 Å². The topological polar surface area (TPSA) is 67.8 Å². The predicted molar refractivity (Wildman–Crippen MR) is 124 cm³/mol. The summed E-state index contributed by atoms with van der Waals surface area (Å²) in [7, 11) is 0. The van der Waals surface area contributed by atoms with E-state index >= 15 is 0 Å². The molecule has 1 saturated carbocycles. The summed E-state index contributed by atoms with van der Waals surface area (Å²) in [6, 6.07) is 0. The molecule has 3 rings (SSSR count). The largest absolute Gasteiger partial charge is 0.442 e. The highest BCUT2D eigenvalue weighted by atomic mass is 16.6. The molecular formula is C26H43NO4. The van der Waals surface area contributed by atoms with Crippen LogP contribution in [-0.4, -0.2) is 41.7 Å². The molecule has 31 heavy (non-hydrogen) atoms. The number of alkyl carbamates (subject to hydrolysis) is 1. The molecule has 0 radical (unpaired) electrons. The molecule has 2 aliphatic heterocycles. The van der Waals surface area contributed by atoms with E-state index in [1.165, 1.54) is 5.57 Å². The monoisotopic (exact) mass is 433 g/mol. The number of rotatable bonds is 6. The summed E-state index contributed by atoms with van der Waals surface area (Å²) < 4.78 is 12.3. The van der Waals surface area contributed by atoms with Crippen molar-refractivity contribution in [3.05, 3.63) is 24.3 Å². The molecule has 0 aromatic rings. The highest BCUT2D eigenvalue weighted by Crippen LogP contribution is 2.54. The van der Waals surface area contributed by atoms with Gasteiger partial charge in [-0.2, -0.15) is 0 Å². The van der Waals surface area contributed by atoms with E-state index in [2.05, 4.69) is 39.2 Å². The van der Waals surface area contributed by atoms with Crippen LogP contribution in [0.4, 0.5) is 4.79 Å². The van der Waals surface area contributed by atoms with Gasteiger partial charge in [0.2, 0.25) is 0 Å². The Labute approximate surface area is 188 Å². The number of hydrogen-bond acceptors (Lipinski definition) is 4. The first kappa shape index (κ1) is 24.3. The summed E-state index contributed by atoms with van der Waals surface area (Å²) in [5.74, 6) is 1.58. The Morgan fingerprint density at radius 2 is 2.03 bits per heavy atom. The minimum atomic E-state index is -0.980. The van der Waals surface area contributed by atoms with Gasteiger partial charge in [0.1, 0.15) is 6.10 Å². The molecule has 3 aliphatic rings. The summed E-state index contributed by atoms with van der Waals surface area (Å²) in [6.07, 6.45) is 5.92. The zero-order valence-electron chi connectivity index (χ0n) is 20.0. The first-order valence-electron chi connectivity index (χ1n) is 12.3. The van der Waals surface area contributed by atoms with Gasteiger partial charge in [-0.3, -0.25) is 0 Å². The lowest BCUT2D eigenvalue weighted by atomic mass is 9.61. The van der Waals surface area contributed by atoms with Gasteiger partial charge in [0, 0.05) is 12.5 Å². The lowest BCUT2D eigenvalue weighted by Gasteiger charge is -2.44. The van der Waals surface area contributed by atoms with Crippen molar-refractivity contribution in [1.29, 1.82) is 0 Å². The molecular weight excluding hydrogens is 390 g/mol. The zero-order chi connectivity index (χ0) is 22.8. The van der Waals surface area contributed by atoms with Gasteiger partial charge in [-0.15, -0.1) is 0 Å². The van der Waals surface area contributed by atoms with Crippen LogP contribution in [0, 0.1) is 23.7 Å². The first-order valence-corrected chi connectivity index (χ1v) is 12.3. The molecule has 0 aromatic heterocycles. The number of carbonyl (C=O) groups excluding carboxylic acids is 1. The van der Waals surface area contributed by atoms with Gasteiger partial charge in [-0.05, 0) is 68.8 Å². The Kier molecular flexibility index (Phi) is 7.90. The highest BCUT2D eigenvalue weighted by Gasteiger charge is 2.57. The van der Waals surface area contributed by atoms with Gasteiger partial charge in [0.25, 0.3) is 0 Å². The van der Waals surface area contributed by atoms with E-state index in [4.69, 9.17) is 9.47 Å². The fraction of sp³-hybridized carbons (Fsp3) is 0.808. The predicted octanol–water partition coefficient (Wildman–Crippen LogP) is 5.38. The van der Waals surface area contributed by atoms with Crippen LogP contribution in [0.3, 0.4) is 0 Å². The molecule has 0 spiro atoms. The fourth-order valence-corrected chi connectivity index (χ4v) is 6.09. The van der Waals surface area contributed by atoms with Crippen LogP contribution in [-0.2, 0) is 9.47 Å². The van der Waals surface area contributed by atoms with Crippen molar-refractivity contribution in [2.45, 2.75) is 103 Å². The Balaban J connectivity index is 1.76. The number of aliphatic hydroxyl groups is 1. The van der Waals surface area contributed by atoms with Crippen LogP contribution in [0.25, 0.3) is 0 Å². The van der Waals surface area contributed by atoms with E-state index in [1.54, 1.807) is 0 Å². The van der Waals surface area contributed by atoms with E-state index < -0.39 is 17.8 Å². The van der Waals surface area contributed by atoms with E-state index in [1.807, 2.05) is 6.92 Å². The molecule has 0 unspecified atom stereocenters. The van der Waals surface area contributed by atoms with Crippen LogP contribution in [0.15, 0.2) is 24.3 Å². The van der Waals surface area contributed by atoms with E-state index in [-0.39, 0.29) is 24.0 Å². The summed E-state index contributed by atoms with van der Waals surface area (Å²) in [6.45, 7) is 17.9. The number of carbonyl (C=O) groups is 1. The molecule has 3 fully saturated rings. The molecule has 2 N–H and O–H groups in total. The lowest BCUT2D eigenvalue weighted by Crippen LogP contribution is -2.48. The molecule has 5 heteroatoms. The number of amides is 1. The van der Waals surface area contributed by atoms with Gasteiger partial charge in [0.05, 0.1) is 17.8 Å². The Morgan fingerprint density at radius 3 is 2.71 bits per heavy atom. The molecule has 2 saturated heterocycles. The van der Waals surface area contributed by atoms with Crippen molar-refractivity contribution < 1.29 is 19.4 Å². The third kappa shape index (κ3) is 5.36. The second-order valence-corrected chi connectivity index (χ2v) is 10.6. The standard InChI is InChI=1S/C26H43NO4/c1-7-8-9-14-27-25(28)31-20-12-13-26(6,29)24-23-19(16(2)3)11-10-17(4)22(23)21(30-24)15-18(20)5/h16,19-24,29H,4-5,7-15H2,1-3,6H3,(H,27,28)/t19-,20+,21-,22-,23-,24-,26-/m1/s1. The van der Waals surface area contributed by atoms with E-state index in [9.17, 15) is 9.90 Å². The van der Waals surface area contributed by atoms with E-state index in [0.29, 0.717) is 37.6 Å². The molecule has 5 nitrogen and oxygen atoms in total. The van der Waals surface area contributed by atoms with Crippen molar-refractivity contribution in [1.82, 2.24) is 5.32 Å². The third-order valence-electron chi connectivity index (χ3n) is 7.85. The smallest absolute Gasteiger partial charge is 0.407 e. The summed E-state index contributed by atoms with van der Waals surface area (Å²) in [5.41, 5.74) is 1.14. The number of nitrogens with one attached hydrogen (secondary N) is 1. The number of unbranched alkanes of at least 4 members (excludes halogenated alkanes) is 2. The van der Waals surface area contributed by atoms with Crippen molar-refractivity contribution >= 4 is 6.09 Å². The van der Waals surface area contributed by atoms with Gasteiger partial charge < -0.3 is 19.9 Å². The minimum Gasteiger partial charge on any atom is -0.442 e. The maximum absolute atomic E-state index is 12.3. The highest BCUT2D eigenvalue weighted by molar-refractivity contribution is 5.67. The zero-order valence-corrected chi connectivity index (χ0v) is 20.0. The summed E-state index contributed by atoms with van der Waals surface area (Å²) in [5, 5.41) is 14.4. The van der Waals surface area contributed by atoms with Crippen molar-refractivity contribution in [2.75, 3.05) is 6.54 Å². The molecule has 2 heterocycles. The second kappa shape index (κ2) is 10.1.